The zero-order valence-electron chi connectivity index (χ0n) is 10.9. The topological polar surface area (TPSA) is 15.3 Å². The summed E-state index contributed by atoms with van der Waals surface area (Å²) in [6.07, 6.45) is 7.51. The zero-order valence-corrected chi connectivity index (χ0v) is 11.7. The van der Waals surface area contributed by atoms with Crippen LogP contribution in [-0.2, 0) is 13.1 Å². The number of nitrogens with zero attached hydrogens (tertiary/aromatic N) is 1. The van der Waals surface area contributed by atoms with Crippen LogP contribution in [0.3, 0.4) is 0 Å². The molecule has 2 saturated carbocycles. The second-order valence-electron chi connectivity index (χ2n) is 5.47. The van der Waals surface area contributed by atoms with Gasteiger partial charge in [0, 0.05) is 41.5 Å². The second kappa shape index (κ2) is 5.55. The lowest BCUT2D eigenvalue weighted by Crippen LogP contribution is -2.25. The summed E-state index contributed by atoms with van der Waals surface area (Å²) in [6.45, 7) is 7.05. The van der Waals surface area contributed by atoms with Crippen LogP contribution >= 0.6 is 11.3 Å². The Bertz CT molecular complexity index is 404. The van der Waals surface area contributed by atoms with Gasteiger partial charge >= 0.3 is 0 Å². The predicted molar refractivity (Wildman–Crippen MR) is 77.8 cm³/mol. The summed E-state index contributed by atoms with van der Waals surface area (Å²) in [4.78, 5) is 5.53. The minimum atomic E-state index is 0.805. The van der Waals surface area contributed by atoms with Crippen molar-refractivity contribution < 1.29 is 0 Å². The Balaban J connectivity index is 1.52. The van der Waals surface area contributed by atoms with Crippen molar-refractivity contribution in [1.29, 1.82) is 0 Å². The summed E-state index contributed by atoms with van der Waals surface area (Å²) in [5.74, 6) is 0. The van der Waals surface area contributed by atoms with Crippen LogP contribution in [0.1, 0.15) is 35.4 Å². The molecule has 0 atom stereocenters. The van der Waals surface area contributed by atoms with Gasteiger partial charge in [-0.25, -0.2) is 0 Å². The Labute approximate surface area is 114 Å². The summed E-state index contributed by atoms with van der Waals surface area (Å²) >= 11 is 1.96. The van der Waals surface area contributed by atoms with Crippen LogP contribution in [0.25, 0.3) is 0 Å². The molecule has 0 spiro atoms. The third-order valence-corrected chi connectivity index (χ3v) is 4.72. The van der Waals surface area contributed by atoms with Crippen LogP contribution < -0.4 is 5.32 Å². The molecule has 0 amide bonds. The van der Waals surface area contributed by atoms with E-state index < -0.39 is 0 Å². The monoisotopic (exact) mass is 262 g/mol. The van der Waals surface area contributed by atoms with Crippen molar-refractivity contribution in [3.63, 3.8) is 0 Å². The van der Waals surface area contributed by atoms with Gasteiger partial charge in [-0.3, -0.25) is 4.90 Å². The number of nitrogens with one attached hydrogen (secondary N) is 1. The van der Waals surface area contributed by atoms with Crippen molar-refractivity contribution in [2.24, 2.45) is 0 Å². The number of hydrogen-bond acceptors (Lipinski definition) is 3. The predicted octanol–water partition coefficient (Wildman–Crippen LogP) is 3.15. The normalized spacial score (nSPS) is 19.4. The maximum Gasteiger partial charge on any atom is 0.0334 e. The quantitative estimate of drug-likeness (QED) is 0.724. The molecule has 0 radical (unpaired) electrons. The minimum Gasteiger partial charge on any atom is -0.309 e. The van der Waals surface area contributed by atoms with E-state index in [0.29, 0.717) is 0 Å². The fraction of sp³-hybridized carbons (Fsp3) is 0.600. The molecule has 2 nitrogen and oxygen atoms in total. The first kappa shape index (κ1) is 12.4. The van der Waals surface area contributed by atoms with E-state index in [9.17, 15) is 0 Å². The highest BCUT2D eigenvalue weighted by molar-refractivity contribution is 7.11. The molecule has 3 rings (SSSR count). The fourth-order valence-electron chi connectivity index (χ4n) is 2.28. The highest BCUT2D eigenvalue weighted by Crippen LogP contribution is 2.29. The number of thiophene rings is 1. The van der Waals surface area contributed by atoms with Crippen molar-refractivity contribution in [3.8, 4) is 0 Å². The van der Waals surface area contributed by atoms with Gasteiger partial charge in [0.1, 0.15) is 0 Å². The Morgan fingerprint density at radius 1 is 1.28 bits per heavy atom. The highest BCUT2D eigenvalue weighted by Gasteiger charge is 2.28. The fourth-order valence-corrected chi connectivity index (χ4v) is 3.28. The standard InChI is InChI=1S/C15H22N2S/c1-2-9-17(13-5-6-13)11-15-8-7-14(18-15)10-16-12-3-4-12/h2,7-8,12-13,16H,1,3-6,9-11H2. The lowest BCUT2D eigenvalue weighted by atomic mass is 10.3. The number of rotatable bonds is 8. The SMILES string of the molecule is C=CCN(Cc1ccc(CNC2CC2)s1)C1CC1. The number of hydrogen-bond donors (Lipinski definition) is 1. The van der Waals surface area contributed by atoms with Gasteiger partial charge in [-0.1, -0.05) is 6.08 Å². The Kier molecular flexibility index (Phi) is 3.83. The van der Waals surface area contributed by atoms with Crippen molar-refractivity contribution in [2.45, 2.75) is 50.9 Å². The largest absolute Gasteiger partial charge is 0.309 e. The summed E-state index contributed by atoms with van der Waals surface area (Å²) in [5.41, 5.74) is 0. The molecular weight excluding hydrogens is 240 g/mol. The maximum absolute atomic E-state index is 3.87. The minimum absolute atomic E-state index is 0.805. The van der Waals surface area contributed by atoms with Crippen molar-refractivity contribution in [2.75, 3.05) is 6.54 Å². The molecule has 1 aromatic rings. The van der Waals surface area contributed by atoms with Gasteiger partial charge in [0.2, 0.25) is 0 Å². The van der Waals surface area contributed by atoms with E-state index >= 15 is 0 Å². The second-order valence-corrected chi connectivity index (χ2v) is 6.73. The van der Waals surface area contributed by atoms with E-state index in [4.69, 9.17) is 0 Å². The van der Waals surface area contributed by atoms with E-state index in [-0.39, 0.29) is 0 Å². The van der Waals surface area contributed by atoms with Crippen LogP contribution in [0, 0.1) is 0 Å². The molecule has 0 aliphatic heterocycles. The molecule has 1 N–H and O–H groups in total. The van der Waals surface area contributed by atoms with Crippen LogP contribution in [0.15, 0.2) is 24.8 Å². The Morgan fingerprint density at radius 2 is 2.06 bits per heavy atom. The Morgan fingerprint density at radius 3 is 2.72 bits per heavy atom. The van der Waals surface area contributed by atoms with E-state index in [2.05, 4.69) is 28.9 Å². The van der Waals surface area contributed by atoms with Crippen LogP contribution in [-0.4, -0.2) is 23.5 Å². The smallest absolute Gasteiger partial charge is 0.0334 e. The molecule has 0 saturated heterocycles. The lowest BCUT2D eigenvalue weighted by molar-refractivity contribution is 0.286. The van der Waals surface area contributed by atoms with Crippen LogP contribution in [0.2, 0.25) is 0 Å². The van der Waals surface area contributed by atoms with E-state index in [1.165, 1.54) is 35.4 Å². The summed E-state index contributed by atoms with van der Waals surface area (Å²) < 4.78 is 0. The molecule has 2 aliphatic rings. The molecule has 2 aliphatic carbocycles. The molecule has 3 heteroatoms. The highest BCUT2D eigenvalue weighted by atomic mass is 32.1. The molecule has 2 fully saturated rings. The molecule has 0 aromatic carbocycles. The maximum atomic E-state index is 3.87. The third kappa shape index (κ3) is 3.44. The van der Waals surface area contributed by atoms with Crippen molar-refractivity contribution in [1.82, 2.24) is 10.2 Å². The van der Waals surface area contributed by atoms with Gasteiger partial charge < -0.3 is 5.32 Å². The first-order valence-corrected chi connectivity index (χ1v) is 7.82. The van der Waals surface area contributed by atoms with Gasteiger partial charge in [-0.15, -0.1) is 17.9 Å². The van der Waals surface area contributed by atoms with Gasteiger partial charge in [-0.05, 0) is 37.8 Å². The van der Waals surface area contributed by atoms with E-state index in [1.54, 1.807) is 0 Å². The third-order valence-electron chi connectivity index (χ3n) is 3.65. The summed E-state index contributed by atoms with van der Waals surface area (Å²) in [5, 5.41) is 3.58. The van der Waals surface area contributed by atoms with Crippen molar-refractivity contribution >= 4 is 11.3 Å². The molecule has 0 unspecified atom stereocenters. The first-order chi connectivity index (χ1) is 8.85. The first-order valence-electron chi connectivity index (χ1n) is 7.01. The van der Waals surface area contributed by atoms with Gasteiger partial charge in [0.25, 0.3) is 0 Å². The van der Waals surface area contributed by atoms with Crippen LogP contribution in [0.4, 0.5) is 0 Å². The molecule has 1 heterocycles. The molecular formula is C15H22N2S. The average molecular weight is 262 g/mol. The van der Waals surface area contributed by atoms with Crippen molar-refractivity contribution in [3.05, 3.63) is 34.5 Å². The summed E-state index contributed by atoms with van der Waals surface area (Å²) in [7, 11) is 0. The van der Waals surface area contributed by atoms with Gasteiger partial charge in [0.15, 0.2) is 0 Å². The van der Waals surface area contributed by atoms with E-state index in [0.717, 1.165) is 31.7 Å². The zero-order chi connectivity index (χ0) is 12.4. The van der Waals surface area contributed by atoms with E-state index in [1.807, 2.05) is 17.4 Å². The van der Waals surface area contributed by atoms with Crippen LogP contribution in [0.5, 0.6) is 0 Å². The molecule has 0 bridgehead atoms. The van der Waals surface area contributed by atoms with Gasteiger partial charge in [-0.2, -0.15) is 0 Å². The molecule has 1 aromatic heterocycles. The lowest BCUT2D eigenvalue weighted by Gasteiger charge is -2.18. The molecule has 98 valence electrons. The molecule has 18 heavy (non-hydrogen) atoms. The summed E-state index contributed by atoms with van der Waals surface area (Å²) in [6, 6.07) is 6.21. The Hall–Kier alpha value is -0.640. The average Bonchev–Trinajstić information content (AvgIpc) is 3.27. The van der Waals surface area contributed by atoms with Gasteiger partial charge in [0.05, 0.1) is 0 Å².